The van der Waals surface area contributed by atoms with Crippen molar-refractivity contribution < 1.29 is 22.7 Å². The number of piperazine rings is 1. The first-order valence-electron chi connectivity index (χ1n) is 9.73. The topological polar surface area (TPSA) is 70.1 Å². The van der Waals surface area contributed by atoms with Crippen molar-refractivity contribution in [1.82, 2.24) is 9.21 Å². The maximum absolute atomic E-state index is 13.3. The first-order valence-corrected chi connectivity index (χ1v) is 11.5. The van der Waals surface area contributed by atoms with Gasteiger partial charge in [-0.1, -0.05) is 29.8 Å². The van der Waals surface area contributed by atoms with Crippen LogP contribution in [-0.4, -0.2) is 68.2 Å². The van der Waals surface area contributed by atoms with Crippen LogP contribution in [0.1, 0.15) is 11.1 Å². The summed E-state index contributed by atoms with van der Waals surface area (Å²) in [4.78, 5) is 1.98. The monoisotopic (exact) mass is 456 g/mol. The average Bonchev–Trinajstić information content (AvgIpc) is 2.70. The third-order valence-corrected chi connectivity index (χ3v) is 7.34. The molecule has 2 aromatic carbocycles. The molecule has 0 spiro atoms. The van der Waals surface area contributed by atoms with Crippen LogP contribution in [-0.2, 0) is 10.0 Å². The van der Waals surface area contributed by atoms with Gasteiger partial charge in [0.25, 0.3) is 0 Å². The number of halogens is 2. The number of aryl methyl sites for hydroxylation is 2. The lowest BCUT2D eigenvalue weighted by molar-refractivity contribution is 0.0565. The van der Waals surface area contributed by atoms with Crippen LogP contribution < -0.4 is 4.74 Å². The van der Waals surface area contributed by atoms with Gasteiger partial charge in [-0.2, -0.15) is 4.31 Å². The second kappa shape index (κ2) is 9.62. The Morgan fingerprint density at radius 3 is 2.37 bits per heavy atom. The summed E-state index contributed by atoms with van der Waals surface area (Å²) >= 11 is 5.73. The number of nitrogens with zero attached hydrogens (tertiary/aromatic N) is 2. The Labute approximate surface area is 181 Å². The third kappa shape index (κ3) is 5.31. The molecule has 0 amide bonds. The molecule has 3 rings (SSSR count). The first kappa shape index (κ1) is 23.0. The summed E-state index contributed by atoms with van der Waals surface area (Å²) in [5.74, 6) is 0.128. The fourth-order valence-corrected chi connectivity index (χ4v) is 5.19. The van der Waals surface area contributed by atoms with Gasteiger partial charge in [0.15, 0.2) is 0 Å². The van der Waals surface area contributed by atoms with Crippen LogP contribution in [0.2, 0.25) is 5.02 Å². The maximum atomic E-state index is 13.3. The third-order valence-electron chi connectivity index (χ3n) is 5.16. The van der Waals surface area contributed by atoms with E-state index in [1.54, 1.807) is 0 Å². The molecule has 0 aliphatic carbocycles. The average molecular weight is 457 g/mol. The standard InChI is InChI=1S/C21H26ClFN2O4S/c1-15-4-3-5-16(2)21(15)29-14-17(26)13-24-8-10-25(11-9-24)30(27,28)18-6-7-20(23)19(22)12-18/h3-7,12,17,26H,8-11,13-14H2,1-2H3. The Morgan fingerprint density at radius 2 is 1.77 bits per heavy atom. The smallest absolute Gasteiger partial charge is 0.243 e. The number of hydrogen-bond acceptors (Lipinski definition) is 5. The minimum atomic E-state index is -3.74. The number of β-amino-alcohol motifs (C(OH)–C–C–N with tert-alkyl or cyclic N) is 1. The minimum absolute atomic E-state index is 0.0237. The zero-order valence-corrected chi connectivity index (χ0v) is 18.6. The molecule has 1 heterocycles. The molecule has 1 unspecified atom stereocenters. The first-order chi connectivity index (χ1) is 14.2. The molecule has 1 N–H and O–H groups in total. The number of aliphatic hydroxyl groups excluding tert-OH is 1. The van der Waals surface area contributed by atoms with Gasteiger partial charge in [-0.25, -0.2) is 12.8 Å². The van der Waals surface area contributed by atoms with E-state index in [1.165, 1.54) is 10.4 Å². The van der Waals surface area contributed by atoms with Crippen LogP contribution in [0.5, 0.6) is 5.75 Å². The summed E-state index contributed by atoms with van der Waals surface area (Å²) in [6, 6.07) is 9.29. The summed E-state index contributed by atoms with van der Waals surface area (Å²) in [5.41, 5.74) is 2.03. The van der Waals surface area contributed by atoms with Gasteiger partial charge in [0.1, 0.15) is 24.3 Å². The highest BCUT2D eigenvalue weighted by Gasteiger charge is 2.29. The summed E-state index contributed by atoms with van der Waals surface area (Å²) in [6.07, 6.45) is -0.692. The van der Waals surface area contributed by atoms with E-state index in [4.69, 9.17) is 16.3 Å². The van der Waals surface area contributed by atoms with E-state index in [2.05, 4.69) is 0 Å². The van der Waals surface area contributed by atoms with Crippen molar-refractivity contribution in [2.75, 3.05) is 39.3 Å². The summed E-state index contributed by atoms with van der Waals surface area (Å²) in [5, 5.41) is 10.1. The molecule has 164 valence electrons. The van der Waals surface area contributed by atoms with Crippen molar-refractivity contribution in [3.63, 3.8) is 0 Å². The van der Waals surface area contributed by atoms with E-state index >= 15 is 0 Å². The summed E-state index contributed by atoms with van der Waals surface area (Å²) in [6.45, 7) is 6.00. The molecule has 9 heteroatoms. The maximum Gasteiger partial charge on any atom is 0.243 e. The Kier molecular flexibility index (Phi) is 7.36. The van der Waals surface area contributed by atoms with E-state index in [0.717, 1.165) is 29.0 Å². The highest BCUT2D eigenvalue weighted by Crippen LogP contribution is 2.24. The van der Waals surface area contributed by atoms with Crippen LogP contribution in [0.3, 0.4) is 0 Å². The number of rotatable bonds is 7. The number of aliphatic hydroxyl groups is 1. The SMILES string of the molecule is Cc1cccc(C)c1OCC(O)CN1CCN(S(=O)(=O)c2ccc(F)c(Cl)c2)CC1. The van der Waals surface area contributed by atoms with Gasteiger partial charge in [-0.15, -0.1) is 0 Å². The van der Waals surface area contributed by atoms with E-state index in [0.29, 0.717) is 19.6 Å². The molecule has 0 bridgehead atoms. The van der Waals surface area contributed by atoms with Gasteiger partial charge in [-0.3, -0.25) is 4.90 Å². The highest BCUT2D eigenvalue weighted by molar-refractivity contribution is 7.89. The zero-order chi connectivity index (χ0) is 21.9. The molecule has 2 aromatic rings. The fourth-order valence-electron chi connectivity index (χ4n) is 3.50. The Hall–Kier alpha value is -1.71. The summed E-state index contributed by atoms with van der Waals surface area (Å²) < 4.78 is 46.0. The van der Waals surface area contributed by atoms with Crippen molar-refractivity contribution in [3.8, 4) is 5.75 Å². The number of ether oxygens (including phenoxy) is 1. The molecular formula is C21H26ClFN2O4S. The van der Waals surface area contributed by atoms with Crippen molar-refractivity contribution in [1.29, 1.82) is 0 Å². The zero-order valence-electron chi connectivity index (χ0n) is 17.0. The van der Waals surface area contributed by atoms with Crippen molar-refractivity contribution in [2.45, 2.75) is 24.8 Å². The van der Waals surface area contributed by atoms with Gasteiger partial charge in [-0.05, 0) is 43.2 Å². The Bertz CT molecular complexity index is 974. The molecule has 0 saturated carbocycles. The van der Waals surface area contributed by atoms with Crippen LogP contribution in [0.4, 0.5) is 4.39 Å². The second-order valence-electron chi connectivity index (χ2n) is 7.47. The minimum Gasteiger partial charge on any atom is -0.490 e. The van der Waals surface area contributed by atoms with Crippen LogP contribution in [0.15, 0.2) is 41.3 Å². The van der Waals surface area contributed by atoms with E-state index in [9.17, 15) is 17.9 Å². The van der Waals surface area contributed by atoms with Gasteiger partial charge in [0.2, 0.25) is 10.0 Å². The molecule has 6 nitrogen and oxygen atoms in total. The van der Waals surface area contributed by atoms with Gasteiger partial charge in [0.05, 0.1) is 9.92 Å². The molecule has 0 aromatic heterocycles. The lowest BCUT2D eigenvalue weighted by atomic mass is 10.1. The number of sulfonamides is 1. The lowest BCUT2D eigenvalue weighted by Gasteiger charge is -2.34. The fraction of sp³-hybridized carbons (Fsp3) is 0.429. The second-order valence-corrected chi connectivity index (χ2v) is 9.81. The predicted molar refractivity (Wildman–Crippen MR) is 114 cm³/mol. The lowest BCUT2D eigenvalue weighted by Crippen LogP contribution is -2.50. The molecular weight excluding hydrogens is 431 g/mol. The predicted octanol–water partition coefficient (Wildman–Crippen LogP) is 2.84. The Balaban J connectivity index is 1.52. The van der Waals surface area contributed by atoms with Gasteiger partial charge < -0.3 is 9.84 Å². The van der Waals surface area contributed by atoms with E-state index < -0.39 is 21.9 Å². The molecule has 1 aliphatic heterocycles. The highest BCUT2D eigenvalue weighted by atomic mass is 35.5. The van der Waals surface area contributed by atoms with Crippen molar-refractivity contribution in [2.24, 2.45) is 0 Å². The van der Waals surface area contributed by atoms with E-state index in [-0.39, 0.29) is 29.6 Å². The molecule has 30 heavy (non-hydrogen) atoms. The quantitative estimate of drug-likeness (QED) is 0.693. The summed E-state index contributed by atoms with van der Waals surface area (Å²) in [7, 11) is -3.74. The van der Waals surface area contributed by atoms with Gasteiger partial charge >= 0.3 is 0 Å². The van der Waals surface area contributed by atoms with E-state index in [1.807, 2.05) is 36.9 Å². The molecule has 1 aliphatic rings. The number of hydrogen-bond donors (Lipinski definition) is 1. The molecule has 1 atom stereocenters. The van der Waals surface area contributed by atoms with Gasteiger partial charge in [0, 0.05) is 32.7 Å². The van der Waals surface area contributed by atoms with Crippen LogP contribution >= 0.6 is 11.6 Å². The van der Waals surface area contributed by atoms with Crippen LogP contribution in [0, 0.1) is 19.7 Å². The number of benzene rings is 2. The van der Waals surface area contributed by atoms with Crippen molar-refractivity contribution in [3.05, 3.63) is 58.4 Å². The number of para-hydroxylation sites is 1. The molecule has 0 radical (unpaired) electrons. The normalized spacial score (nSPS) is 17.1. The molecule has 1 saturated heterocycles. The van der Waals surface area contributed by atoms with Crippen molar-refractivity contribution >= 4 is 21.6 Å². The molecule has 1 fully saturated rings. The Morgan fingerprint density at radius 1 is 1.13 bits per heavy atom. The largest absolute Gasteiger partial charge is 0.490 e. The van der Waals surface area contributed by atoms with Crippen LogP contribution in [0.25, 0.3) is 0 Å².